The van der Waals surface area contributed by atoms with E-state index < -0.39 is 0 Å². The smallest absolute Gasteiger partial charge is 0.0834 e. The average molecular weight is 227 g/mol. The molecule has 1 saturated carbocycles. The third kappa shape index (κ3) is 3.46. The van der Waals surface area contributed by atoms with Gasteiger partial charge in [0.2, 0.25) is 0 Å². The first-order chi connectivity index (χ1) is 7.64. The molecule has 1 N–H and O–H groups in total. The molecule has 0 aromatic carbocycles. The lowest BCUT2D eigenvalue weighted by molar-refractivity contribution is -0.0653. The van der Waals surface area contributed by atoms with Crippen LogP contribution in [0.2, 0.25) is 0 Å². The lowest BCUT2D eigenvalue weighted by Gasteiger charge is -2.39. The van der Waals surface area contributed by atoms with Gasteiger partial charge in [-0.05, 0) is 38.6 Å². The molecule has 1 aliphatic rings. The van der Waals surface area contributed by atoms with Crippen LogP contribution < -0.4 is 5.32 Å². The molecule has 0 heterocycles. The van der Waals surface area contributed by atoms with Crippen molar-refractivity contribution >= 4 is 0 Å². The van der Waals surface area contributed by atoms with E-state index in [-0.39, 0.29) is 5.60 Å². The molecular formula is C14H29NO. The summed E-state index contributed by atoms with van der Waals surface area (Å²) in [5.41, 5.74) is 0.134. The minimum atomic E-state index is 0.134. The first-order valence-corrected chi connectivity index (χ1v) is 7.02. The SMILES string of the molecule is CCNC(CC(C)C)C1(OCC)CCCC1. The molecule has 0 bridgehead atoms. The summed E-state index contributed by atoms with van der Waals surface area (Å²) in [5, 5.41) is 3.66. The Labute approximate surface area is 101 Å². The molecule has 16 heavy (non-hydrogen) atoms. The molecular weight excluding hydrogens is 198 g/mol. The van der Waals surface area contributed by atoms with E-state index in [1.807, 2.05) is 0 Å². The second-order valence-electron chi connectivity index (χ2n) is 5.44. The van der Waals surface area contributed by atoms with Crippen molar-refractivity contribution in [1.82, 2.24) is 5.32 Å². The molecule has 2 heteroatoms. The van der Waals surface area contributed by atoms with Crippen LogP contribution in [0, 0.1) is 5.92 Å². The van der Waals surface area contributed by atoms with Crippen molar-refractivity contribution in [2.24, 2.45) is 5.92 Å². The summed E-state index contributed by atoms with van der Waals surface area (Å²) in [4.78, 5) is 0. The molecule has 0 radical (unpaired) electrons. The van der Waals surface area contributed by atoms with Gasteiger partial charge in [-0.2, -0.15) is 0 Å². The Morgan fingerprint density at radius 2 is 1.81 bits per heavy atom. The number of rotatable bonds is 7. The van der Waals surface area contributed by atoms with E-state index in [4.69, 9.17) is 4.74 Å². The molecule has 0 aromatic heterocycles. The third-order valence-corrected chi connectivity index (χ3v) is 3.67. The second-order valence-corrected chi connectivity index (χ2v) is 5.44. The first kappa shape index (κ1) is 14.0. The Morgan fingerprint density at radius 3 is 2.25 bits per heavy atom. The normalized spacial score (nSPS) is 21.6. The minimum absolute atomic E-state index is 0.134. The summed E-state index contributed by atoms with van der Waals surface area (Å²) in [5.74, 6) is 0.738. The van der Waals surface area contributed by atoms with Crippen LogP contribution in [0.1, 0.15) is 59.8 Å². The van der Waals surface area contributed by atoms with Crippen molar-refractivity contribution in [2.75, 3.05) is 13.2 Å². The van der Waals surface area contributed by atoms with Crippen LogP contribution in [-0.4, -0.2) is 24.8 Å². The summed E-state index contributed by atoms with van der Waals surface area (Å²) in [6, 6.07) is 0.542. The molecule has 0 amide bonds. The molecule has 0 aliphatic heterocycles. The molecule has 1 rings (SSSR count). The molecule has 0 spiro atoms. The van der Waals surface area contributed by atoms with Crippen molar-refractivity contribution in [1.29, 1.82) is 0 Å². The zero-order chi connectivity index (χ0) is 12.0. The zero-order valence-corrected chi connectivity index (χ0v) is 11.5. The Morgan fingerprint density at radius 1 is 1.19 bits per heavy atom. The van der Waals surface area contributed by atoms with Crippen molar-refractivity contribution in [3.05, 3.63) is 0 Å². The highest BCUT2D eigenvalue weighted by molar-refractivity contribution is 4.97. The number of hydrogen-bond acceptors (Lipinski definition) is 2. The summed E-state index contributed by atoms with van der Waals surface area (Å²) >= 11 is 0. The van der Waals surface area contributed by atoms with E-state index in [9.17, 15) is 0 Å². The number of likely N-dealkylation sites (N-methyl/N-ethyl adjacent to an activating group) is 1. The van der Waals surface area contributed by atoms with Gasteiger partial charge in [-0.3, -0.25) is 0 Å². The fourth-order valence-corrected chi connectivity index (χ4v) is 3.06. The van der Waals surface area contributed by atoms with Crippen LogP contribution in [0.4, 0.5) is 0 Å². The number of hydrogen-bond donors (Lipinski definition) is 1. The summed E-state index contributed by atoms with van der Waals surface area (Å²) in [7, 11) is 0. The monoisotopic (exact) mass is 227 g/mol. The van der Waals surface area contributed by atoms with E-state index in [1.54, 1.807) is 0 Å². The van der Waals surface area contributed by atoms with Gasteiger partial charge < -0.3 is 10.1 Å². The lowest BCUT2D eigenvalue weighted by atomic mass is 9.86. The van der Waals surface area contributed by atoms with Gasteiger partial charge in [-0.1, -0.05) is 33.6 Å². The Balaban J connectivity index is 2.69. The van der Waals surface area contributed by atoms with E-state index in [0.29, 0.717) is 6.04 Å². The molecule has 1 atom stereocenters. The van der Waals surface area contributed by atoms with Crippen LogP contribution in [0.5, 0.6) is 0 Å². The third-order valence-electron chi connectivity index (χ3n) is 3.67. The van der Waals surface area contributed by atoms with E-state index >= 15 is 0 Å². The standard InChI is InChI=1S/C14H29NO/c1-5-15-13(11-12(3)4)14(16-6-2)9-7-8-10-14/h12-13,15H,5-11H2,1-4H3. The zero-order valence-electron chi connectivity index (χ0n) is 11.5. The summed E-state index contributed by atoms with van der Waals surface area (Å²) < 4.78 is 6.14. The highest BCUT2D eigenvalue weighted by Crippen LogP contribution is 2.38. The van der Waals surface area contributed by atoms with Gasteiger partial charge >= 0.3 is 0 Å². The van der Waals surface area contributed by atoms with Gasteiger partial charge in [0, 0.05) is 12.6 Å². The van der Waals surface area contributed by atoms with E-state index in [2.05, 4.69) is 33.0 Å². The highest BCUT2D eigenvalue weighted by Gasteiger charge is 2.41. The molecule has 1 fully saturated rings. The van der Waals surface area contributed by atoms with Gasteiger partial charge in [0.05, 0.1) is 5.60 Å². The highest BCUT2D eigenvalue weighted by atomic mass is 16.5. The van der Waals surface area contributed by atoms with Crippen LogP contribution in [-0.2, 0) is 4.74 Å². The quantitative estimate of drug-likeness (QED) is 0.720. The Bertz CT molecular complexity index is 185. The fraction of sp³-hybridized carbons (Fsp3) is 1.00. The van der Waals surface area contributed by atoms with Crippen LogP contribution in [0.15, 0.2) is 0 Å². The van der Waals surface area contributed by atoms with Gasteiger partial charge in [0.1, 0.15) is 0 Å². The first-order valence-electron chi connectivity index (χ1n) is 7.02. The molecule has 1 aliphatic carbocycles. The van der Waals surface area contributed by atoms with Crippen molar-refractivity contribution in [3.8, 4) is 0 Å². The predicted octanol–water partition coefficient (Wildman–Crippen LogP) is 3.36. The second kappa shape index (κ2) is 6.61. The largest absolute Gasteiger partial charge is 0.374 e. The van der Waals surface area contributed by atoms with Crippen LogP contribution in [0.3, 0.4) is 0 Å². The topological polar surface area (TPSA) is 21.3 Å². The Kier molecular flexibility index (Phi) is 5.77. The number of ether oxygens (including phenoxy) is 1. The van der Waals surface area contributed by atoms with Gasteiger partial charge in [-0.15, -0.1) is 0 Å². The lowest BCUT2D eigenvalue weighted by Crippen LogP contribution is -2.51. The van der Waals surface area contributed by atoms with Gasteiger partial charge in [0.15, 0.2) is 0 Å². The van der Waals surface area contributed by atoms with Crippen LogP contribution >= 0.6 is 0 Å². The van der Waals surface area contributed by atoms with E-state index in [1.165, 1.54) is 32.1 Å². The van der Waals surface area contributed by atoms with Crippen LogP contribution in [0.25, 0.3) is 0 Å². The average Bonchev–Trinajstić information content (AvgIpc) is 2.67. The van der Waals surface area contributed by atoms with Crippen molar-refractivity contribution in [3.63, 3.8) is 0 Å². The van der Waals surface area contributed by atoms with Crippen molar-refractivity contribution < 1.29 is 4.74 Å². The van der Waals surface area contributed by atoms with Gasteiger partial charge in [0.25, 0.3) is 0 Å². The van der Waals surface area contributed by atoms with Gasteiger partial charge in [-0.25, -0.2) is 0 Å². The minimum Gasteiger partial charge on any atom is -0.374 e. The molecule has 1 unspecified atom stereocenters. The summed E-state index contributed by atoms with van der Waals surface area (Å²) in [6.45, 7) is 10.8. The maximum atomic E-state index is 6.14. The Hall–Kier alpha value is -0.0800. The van der Waals surface area contributed by atoms with E-state index in [0.717, 1.165) is 19.1 Å². The molecule has 2 nitrogen and oxygen atoms in total. The maximum absolute atomic E-state index is 6.14. The molecule has 0 saturated heterocycles. The summed E-state index contributed by atoms with van der Waals surface area (Å²) in [6.07, 6.45) is 6.38. The number of nitrogens with one attached hydrogen (secondary N) is 1. The molecule has 96 valence electrons. The molecule has 0 aromatic rings. The maximum Gasteiger partial charge on any atom is 0.0834 e. The fourth-order valence-electron chi connectivity index (χ4n) is 3.06. The van der Waals surface area contributed by atoms with Crippen molar-refractivity contribution in [2.45, 2.75) is 71.4 Å². The predicted molar refractivity (Wildman–Crippen MR) is 69.7 cm³/mol.